The van der Waals surface area contributed by atoms with Gasteiger partial charge in [0.2, 0.25) is 5.78 Å². The van der Waals surface area contributed by atoms with Gasteiger partial charge in [-0.15, -0.1) is 0 Å². The highest BCUT2D eigenvalue weighted by atomic mass is 16.7. The lowest BCUT2D eigenvalue weighted by atomic mass is 9.72. The number of ketones is 3. The fourth-order valence-electron chi connectivity index (χ4n) is 5.66. The van der Waals surface area contributed by atoms with Gasteiger partial charge in [-0.3, -0.25) is 14.4 Å². The second-order valence-electron chi connectivity index (χ2n) is 10.1. The summed E-state index contributed by atoms with van der Waals surface area (Å²) in [6.45, 7) is 2.79. The van der Waals surface area contributed by atoms with E-state index in [4.69, 9.17) is 19.9 Å². The molecule has 0 bridgehead atoms. The van der Waals surface area contributed by atoms with E-state index in [-0.39, 0.29) is 40.8 Å². The molecule has 3 aliphatic rings. The van der Waals surface area contributed by atoms with Crippen LogP contribution < -0.4 is 10.5 Å². The van der Waals surface area contributed by atoms with Crippen LogP contribution in [-0.4, -0.2) is 75.0 Å². The van der Waals surface area contributed by atoms with Gasteiger partial charge in [-0.2, -0.15) is 0 Å². The number of aliphatic hydroxyl groups excluding tert-OH is 1. The van der Waals surface area contributed by atoms with Crippen LogP contribution in [0.2, 0.25) is 0 Å². The molecule has 1 fully saturated rings. The summed E-state index contributed by atoms with van der Waals surface area (Å²) in [5, 5.41) is 44.1. The molecule has 2 aromatic rings. The summed E-state index contributed by atoms with van der Waals surface area (Å²) in [5.41, 5.74) is 2.97. The lowest BCUT2D eigenvalue weighted by Gasteiger charge is -2.42. The number of aliphatic hydroxyl groups is 2. The normalized spacial score (nSPS) is 30.3. The molecule has 0 radical (unpaired) electrons. The van der Waals surface area contributed by atoms with Crippen LogP contribution in [0, 0.1) is 0 Å². The number of fused-ring (bicyclic) bond motifs is 3. The molecule has 1 unspecified atom stereocenters. The maximum atomic E-state index is 13.6. The molecule has 11 heteroatoms. The third-order valence-corrected chi connectivity index (χ3v) is 7.80. The van der Waals surface area contributed by atoms with E-state index in [9.17, 15) is 34.8 Å². The van der Waals surface area contributed by atoms with E-state index in [2.05, 4.69) is 0 Å². The minimum absolute atomic E-state index is 0.0147. The van der Waals surface area contributed by atoms with Gasteiger partial charge in [-0.05, 0) is 19.9 Å². The zero-order valence-corrected chi connectivity index (χ0v) is 21.1. The second kappa shape index (κ2) is 9.14. The van der Waals surface area contributed by atoms with Crippen molar-refractivity contribution in [2.45, 2.75) is 69.4 Å². The molecule has 0 amide bonds. The molecule has 6 atom stereocenters. The Labute approximate surface area is 217 Å². The van der Waals surface area contributed by atoms with Crippen LogP contribution >= 0.6 is 0 Å². The number of phenols is 2. The van der Waals surface area contributed by atoms with Gasteiger partial charge < -0.3 is 40.4 Å². The van der Waals surface area contributed by atoms with Gasteiger partial charge >= 0.3 is 0 Å². The number of Topliss-reactive ketones (excluding diaryl/α,β-unsaturated/α-hetero) is 1. The van der Waals surface area contributed by atoms with Gasteiger partial charge in [-0.25, -0.2) is 0 Å². The maximum Gasteiger partial charge on any atom is 0.202 e. The Morgan fingerprint density at radius 3 is 2.45 bits per heavy atom. The van der Waals surface area contributed by atoms with E-state index in [0.29, 0.717) is 0 Å². The van der Waals surface area contributed by atoms with Crippen molar-refractivity contribution in [2.75, 3.05) is 7.11 Å². The Bertz CT molecular complexity index is 1360. The first kappa shape index (κ1) is 26.3. The predicted octanol–water partition coefficient (Wildman–Crippen LogP) is 1.03. The summed E-state index contributed by atoms with van der Waals surface area (Å²) in [4.78, 5) is 39.6. The van der Waals surface area contributed by atoms with Crippen molar-refractivity contribution in [1.82, 2.24) is 0 Å². The first-order valence-electron chi connectivity index (χ1n) is 12.2. The van der Waals surface area contributed by atoms with Gasteiger partial charge in [0, 0.05) is 42.0 Å². The Hall–Kier alpha value is -3.35. The van der Waals surface area contributed by atoms with Crippen LogP contribution in [0.1, 0.15) is 75.8 Å². The summed E-state index contributed by atoms with van der Waals surface area (Å²) in [7, 11) is 1.34. The topological polar surface area (TPSA) is 186 Å². The molecule has 0 aromatic heterocycles. The van der Waals surface area contributed by atoms with E-state index < -0.39 is 82.6 Å². The summed E-state index contributed by atoms with van der Waals surface area (Å²) in [5.74, 6) is -3.18. The Kier molecular flexibility index (Phi) is 6.32. The number of benzene rings is 2. The second-order valence-corrected chi connectivity index (χ2v) is 10.1. The minimum atomic E-state index is -2.00. The van der Waals surface area contributed by atoms with Gasteiger partial charge in [0.15, 0.2) is 17.9 Å². The molecular weight excluding hydrogens is 498 g/mol. The summed E-state index contributed by atoms with van der Waals surface area (Å²) < 4.78 is 17.1. The highest BCUT2D eigenvalue weighted by Crippen LogP contribution is 2.52. The Morgan fingerprint density at radius 1 is 1.13 bits per heavy atom. The molecule has 1 aliphatic heterocycles. The van der Waals surface area contributed by atoms with E-state index in [1.165, 1.54) is 32.2 Å². The van der Waals surface area contributed by atoms with E-state index >= 15 is 0 Å². The molecule has 38 heavy (non-hydrogen) atoms. The van der Waals surface area contributed by atoms with Crippen molar-refractivity contribution in [1.29, 1.82) is 0 Å². The lowest BCUT2D eigenvalue weighted by Crippen LogP contribution is -2.52. The number of carbonyl (C=O) groups excluding carboxylic acids is 3. The minimum Gasteiger partial charge on any atom is -0.507 e. The zero-order chi connectivity index (χ0) is 27.7. The Morgan fingerprint density at radius 2 is 1.82 bits per heavy atom. The number of hydrogen-bond acceptors (Lipinski definition) is 11. The monoisotopic (exact) mass is 527 g/mol. The van der Waals surface area contributed by atoms with Crippen LogP contribution in [0.3, 0.4) is 0 Å². The van der Waals surface area contributed by atoms with Gasteiger partial charge in [0.25, 0.3) is 0 Å². The van der Waals surface area contributed by atoms with Crippen molar-refractivity contribution in [3.63, 3.8) is 0 Å². The number of nitrogens with two attached hydrogens (primary N) is 1. The quantitative estimate of drug-likeness (QED) is 0.305. The molecule has 0 spiro atoms. The lowest BCUT2D eigenvalue weighted by molar-refractivity contribution is -0.247. The van der Waals surface area contributed by atoms with E-state index in [1.54, 1.807) is 6.92 Å². The number of hydrogen-bond donors (Lipinski definition) is 5. The van der Waals surface area contributed by atoms with Crippen LogP contribution in [0.25, 0.3) is 0 Å². The van der Waals surface area contributed by atoms with E-state index in [0.717, 1.165) is 0 Å². The average molecular weight is 528 g/mol. The predicted molar refractivity (Wildman–Crippen MR) is 130 cm³/mol. The molecule has 1 heterocycles. The molecule has 0 saturated carbocycles. The van der Waals surface area contributed by atoms with Gasteiger partial charge in [-0.1, -0.05) is 12.1 Å². The highest BCUT2D eigenvalue weighted by Gasteiger charge is 2.49. The first-order chi connectivity index (χ1) is 17.9. The highest BCUT2D eigenvalue weighted by molar-refractivity contribution is 6.31. The smallest absolute Gasteiger partial charge is 0.202 e. The van der Waals surface area contributed by atoms with E-state index in [1.807, 2.05) is 0 Å². The van der Waals surface area contributed by atoms with Gasteiger partial charge in [0.1, 0.15) is 22.8 Å². The fraction of sp³-hybridized carbons (Fsp3) is 0.444. The third-order valence-electron chi connectivity index (χ3n) is 7.80. The number of aromatic hydroxyl groups is 2. The van der Waals surface area contributed by atoms with Crippen molar-refractivity contribution < 1.29 is 49.0 Å². The molecule has 2 aliphatic carbocycles. The summed E-state index contributed by atoms with van der Waals surface area (Å²) in [6.07, 6.45) is -4.53. The molecule has 202 valence electrons. The van der Waals surface area contributed by atoms with Crippen LogP contribution in [0.4, 0.5) is 0 Å². The standard InChI is InChI=1S/C27H29NO10/c1-10-22(30)14(28)7-17(37-10)38-16-9-27(35,11(2)29)8-13-19(16)26(34)21-20(24(13)32)23(31)12-5-4-6-15(36-3)18(12)25(21)33/h4-6,10,14,16-17,22,30,32,34-35H,7-9,28H2,1-3H3/t10-,14-,16-,17?,22+,27-/m0/s1. The SMILES string of the molecule is COc1cccc2c1C(=O)c1c(O)c3c(c(O)c1C2=O)C[C@@](O)(C(C)=O)C[C@@H]3OC1C[C@H](N)[C@H](O)[C@H](C)O1. The zero-order valence-electron chi connectivity index (χ0n) is 21.1. The number of methoxy groups -OCH3 is 1. The number of rotatable bonds is 4. The summed E-state index contributed by atoms with van der Waals surface area (Å²) >= 11 is 0. The molecule has 2 aromatic carbocycles. The van der Waals surface area contributed by atoms with Crippen molar-refractivity contribution in [2.24, 2.45) is 5.73 Å². The number of phenolic OH excluding ortho intramolecular Hbond substituents is 2. The first-order valence-corrected chi connectivity index (χ1v) is 12.2. The fourth-order valence-corrected chi connectivity index (χ4v) is 5.66. The molecule has 11 nitrogen and oxygen atoms in total. The van der Waals surface area contributed by atoms with Crippen molar-refractivity contribution in [3.8, 4) is 17.2 Å². The average Bonchev–Trinajstić information content (AvgIpc) is 2.87. The Balaban J connectivity index is 1.68. The van der Waals surface area contributed by atoms with Crippen LogP contribution in [-0.2, 0) is 20.7 Å². The number of ether oxygens (including phenoxy) is 3. The maximum absolute atomic E-state index is 13.6. The van der Waals surface area contributed by atoms with Crippen molar-refractivity contribution in [3.05, 3.63) is 51.6 Å². The van der Waals surface area contributed by atoms with Gasteiger partial charge in [0.05, 0.1) is 42.1 Å². The molecule has 6 N–H and O–H groups in total. The third kappa shape index (κ3) is 3.81. The van der Waals surface area contributed by atoms with Crippen LogP contribution in [0.15, 0.2) is 18.2 Å². The number of carbonyl (C=O) groups is 3. The largest absolute Gasteiger partial charge is 0.507 e. The van der Waals surface area contributed by atoms with Crippen LogP contribution in [0.5, 0.6) is 17.2 Å². The summed E-state index contributed by atoms with van der Waals surface area (Å²) in [6, 6.07) is 3.75. The molecule has 5 rings (SSSR count). The molecular formula is C27H29NO10. The van der Waals surface area contributed by atoms with Crippen molar-refractivity contribution >= 4 is 17.3 Å². The molecule has 1 saturated heterocycles.